The molecule has 0 radical (unpaired) electrons. The van der Waals surface area contributed by atoms with E-state index in [0.717, 1.165) is 0 Å². The molecule has 0 aliphatic carbocycles. The van der Waals surface area contributed by atoms with Crippen molar-refractivity contribution in [2.24, 2.45) is 0 Å². The zero-order valence-corrected chi connectivity index (χ0v) is 12.4. The summed E-state index contributed by atoms with van der Waals surface area (Å²) in [5, 5.41) is 11.1. The number of non-ortho nitro benzene ring substituents is 1. The number of pyridine rings is 1. The van der Waals surface area contributed by atoms with Crippen molar-refractivity contribution in [2.75, 3.05) is 14.1 Å². The van der Waals surface area contributed by atoms with E-state index >= 15 is 0 Å². The van der Waals surface area contributed by atoms with Gasteiger partial charge in [0.1, 0.15) is 0 Å². The van der Waals surface area contributed by atoms with Crippen molar-refractivity contribution in [3.8, 4) is 11.5 Å². The number of fused-ring (bicyclic) bond motifs is 1. The Balaban J connectivity index is 2.17. The number of nitrogens with zero attached hydrogens (tertiary/aromatic N) is 4. The van der Waals surface area contributed by atoms with Gasteiger partial charge in [0.2, 0.25) is 5.89 Å². The maximum absolute atomic E-state index is 12.1. The molecular weight excluding hydrogens is 300 g/mol. The lowest BCUT2D eigenvalue weighted by Crippen LogP contribution is -2.21. The quantitative estimate of drug-likeness (QED) is 0.544. The van der Waals surface area contributed by atoms with E-state index in [1.54, 1.807) is 32.4 Å². The Morgan fingerprint density at radius 1 is 1.30 bits per heavy atom. The summed E-state index contributed by atoms with van der Waals surface area (Å²) in [5.74, 6) is -0.167. The molecule has 0 saturated heterocycles. The number of hydrogen-bond acceptors (Lipinski definition) is 6. The minimum Gasteiger partial charge on any atom is -0.434 e. The van der Waals surface area contributed by atoms with E-state index < -0.39 is 4.92 Å². The molecule has 0 unspecified atom stereocenters. The van der Waals surface area contributed by atoms with Gasteiger partial charge in [0, 0.05) is 43.6 Å². The fourth-order valence-corrected chi connectivity index (χ4v) is 2.11. The molecule has 0 spiro atoms. The van der Waals surface area contributed by atoms with Gasteiger partial charge in [-0.1, -0.05) is 0 Å². The first-order valence-electron chi connectivity index (χ1n) is 6.69. The molecule has 8 nitrogen and oxygen atoms in total. The molecule has 2 aromatic heterocycles. The highest BCUT2D eigenvalue weighted by atomic mass is 16.6. The Hall–Kier alpha value is -3.29. The van der Waals surface area contributed by atoms with E-state index in [2.05, 4.69) is 9.97 Å². The highest BCUT2D eigenvalue weighted by Crippen LogP contribution is 2.28. The molecule has 1 aromatic carbocycles. The summed E-state index contributed by atoms with van der Waals surface area (Å²) in [7, 11) is 3.15. The Labute approximate surface area is 130 Å². The topological polar surface area (TPSA) is 102 Å². The normalized spacial score (nSPS) is 10.7. The van der Waals surface area contributed by atoms with Crippen LogP contribution in [-0.2, 0) is 0 Å². The second-order valence-electron chi connectivity index (χ2n) is 5.07. The fraction of sp³-hybridized carbons (Fsp3) is 0.133. The first-order valence-corrected chi connectivity index (χ1v) is 6.69. The molecule has 3 aromatic rings. The SMILES string of the molecule is CN(C)C(=O)c1cc(-c2nc3ncccc3o2)cc([N+](=O)[O-])c1. The molecule has 1 amide bonds. The number of rotatable bonds is 3. The van der Waals surface area contributed by atoms with Crippen LogP contribution in [0.1, 0.15) is 10.4 Å². The number of nitro benzene ring substituents is 1. The van der Waals surface area contributed by atoms with Crippen LogP contribution < -0.4 is 0 Å². The lowest BCUT2D eigenvalue weighted by Gasteiger charge is -2.10. The molecule has 2 heterocycles. The highest BCUT2D eigenvalue weighted by Gasteiger charge is 2.19. The van der Waals surface area contributed by atoms with Gasteiger partial charge >= 0.3 is 0 Å². The van der Waals surface area contributed by atoms with Crippen LogP contribution in [0.2, 0.25) is 0 Å². The van der Waals surface area contributed by atoms with E-state index in [-0.39, 0.29) is 23.0 Å². The molecule has 0 fully saturated rings. The largest absolute Gasteiger partial charge is 0.434 e. The van der Waals surface area contributed by atoms with E-state index in [9.17, 15) is 14.9 Å². The lowest BCUT2D eigenvalue weighted by atomic mass is 10.1. The van der Waals surface area contributed by atoms with Gasteiger partial charge in [0.25, 0.3) is 11.6 Å². The zero-order chi connectivity index (χ0) is 16.6. The molecule has 3 rings (SSSR count). The minimum absolute atomic E-state index is 0.176. The van der Waals surface area contributed by atoms with Crippen molar-refractivity contribution < 1.29 is 14.1 Å². The van der Waals surface area contributed by atoms with Gasteiger partial charge in [-0.25, -0.2) is 4.98 Å². The number of aromatic nitrogens is 2. The summed E-state index contributed by atoms with van der Waals surface area (Å²) in [5.41, 5.74) is 1.20. The summed E-state index contributed by atoms with van der Waals surface area (Å²) in [4.78, 5) is 32.3. The van der Waals surface area contributed by atoms with Crippen LogP contribution in [0, 0.1) is 10.1 Å². The number of hydrogen-bond donors (Lipinski definition) is 0. The fourth-order valence-electron chi connectivity index (χ4n) is 2.11. The number of oxazole rings is 1. The van der Waals surface area contributed by atoms with Crippen LogP contribution in [-0.4, -0.2) is 39.8 Å². The molecule has 0 aliphatic heterocycles. The average Bonchev–Trinajstić information content (AvgIpc) is 2.97. The number of benzene rings is 1. The van der Waals surface area contributed by atoms with E-state index in [1.807, 2.05) is 0 Å². The van der Waals surface area contributed by atoms with Crippen LogP contribution in [0.25, 0.3) is 22.7 Å². The Morgan fingerprint density at radius 3 is 2.74 bits per heavy atom. The molecule has 0 N–H and O–H groups in total. The van der Waals surface area contributed by atoms with Crippen LogP contribution >= 0.6 is 0 Å². The predicted molar refractivity (Wildman–Crippen MR) is 81.9 cm³/mol. The zero-order valence-electron chi connectivity index (χ0n) is 12.4. The third-order valence-corrected chi connectivity index (χ3v) is 3.19. The van der Waals surface area contributed by atoms with Crippen molar-refractivity contribution in [2.45, 2.75) is 0 Å². The van der Waals surface area contributed by atoms with Crippen LogP contribution in [0.15, 0.2) is 40.9 Å². The Kier molecular flexibility index (Phi) is 3.49. The Morgan fingerprint density at radius 2 is 2.09 bits per heavy atom. The van der Waals surface area contributed by atoms with Crippen molar-refractivity contribution in [1.82, 2.24) is 14.9 Å². The van der Waals surface area contributed by atoms with Crippen LogP contribution in [0.3, 0.4) is 0 Å². The van der Waals surface area contributed by atoms with Crippen molar-refractivity contribution in [3.05, 3.63) is 52.2 Å². The van der Waals surface area contributed by atoms with Crippen molar-refractivity contribution in [1.29, 1.82) is 0 Å². The van der Waals surface area contributed by atoms with E-state index in [4.69, 9.17) is 4.42 Å². The summed E-state index contributed by atoms with van der Waals surface area (Å²) < 4.78 is 5.56. The van der Waals surface area contributed by atoms with Gasteiger partial charge in [-0.2, -0.15) is 4.98 Å². The summed E-state index contributed by atoms with van der Waals surface area (Å²) in [6.07, 6.45) is 1.57. The van der Waals surface area contributed by atoms with E-state index in [0.29, 0.717) is 16.8 Å². The summed E-state index contributed by atoms with van der Waals surface area (Å²) in [6, 6.07) is 7.46. The molecule has 0 aliphatic rings. The predicted octanol–water partition coefficient (Wildman–Crippen LogP) is 2.50. The molecule has 8 heteroatoms. The van der Waals surface area contributed by atoms with Gasteiger partial charge in [-0.15, -0.1) is 0 Å². The average molecular weight is 312 g/mol. The summed E-state index contributed by atoms with van der Waals surface area (Å²) >= 11 is 0. The first-order chi connectivity index (χ1) is 11.0. The minimum atomic E-state index is -0.559. The number of nitro groups is 1. The number of carbonyl (C=O) groups excluding carboxylic acids is 1. The molecule has 0 bridgehead atoms. The van der Waals surface area contributed by atoms with Gasteiger partial charge < -0.3 is 9.32 Å². The van der Waals surface area contributed by atoms with Gasteiger partial charge in [0.05, 0.1) is 4.92 Å². The molecule has 116 valence electrons. The van der Waals surface area contributed by atoms with Gasteiger partial charge in [0.15, 0.2) is 11.2 Å². The van der Waals surface area contributed by atoms with Crippen molar-refractivity contribution >= 4 is 22.8 Å². The Bertz CT molecular complexity index is 884. The third-order valence-electron chi connectivity index (χ3n) is 3.19. The molecule has 23 heavy (non-hydrogen) atoms. The van der Waals surface area contributed by atoms with Gasteiger partial charge in [-0.3, -0.25) is 14.9 Å². The highest BCUT2D eigenvalue weighted by molar-refractivity contribution is 5.96. The van der Waals surface area contributed by atoms with Crippen LogP contribution in [0.5, 0.6) is 0 Å². The maximum atomic E-state index is 12.1. The number of carbonyl (C=O) groups is 1. The second-order valence-corrected chi connectivity index (χ2v) is 5.07. The molecular formula is C15H12N4O4. The smallest absolute Gasteiger partial charge is 0.271 e. The van der Waals surface area contributed by atoms with Crippen molar-refractivity contribution in [3.63, 3.8) is 0 Å². The lowest BCUT2D eigenvalue weighted by molar-refractivity contribution is -0.384. The second kappa shape index (κ2) is 5.48. The van der Waals surface area contributed by atoms with E-state index in [1.165, 1.54) is 23.1 Å². The molecule has 0 saturated carbocycles. The molecule has 0 atom stereocenters. The first kappa shape index (κ1) is 14.6. The maximum Gasteiger partial charge on any atom is 0.271 e. The number of amides is 1. The van der Waals surface area contributed by atoms with Crippen LogP contribution in [0.4, 0.5) is 5.69 Å². The summed E-state index contributed by atoms with van der Waals surface area (Å²) in [6.45, 7) is 0. The monoisotopic (exact) mass is 312 g/mol. The standard InChI is InChI=1S/C15H12N4O4/c1-18(2)15(20)10-6-9(7-11(8-10)19(21)22)14-17-13-12(23-14)4-3-5-16-13/h3-8H,1-2H3. The van der Waals surface area contributed by atoms with Gasteiger partial charge in [-0.05, 0) is 18.2 Å². The third kappa shape index (κ3) is 2.73.